The number of hydrogen-bond donors (Lipinski definition) is 1. The van der Waals surface area contributed by atoms with Crippen molar-refractivity contribution in [1.82, 2.24) is 15.1 Å². The molecule has 3 heteroatoms. The van der Waals surface area contributed by atoms with Crippen molar-refractivity contribution in [3.8, 4) is 0 Å². The highest BCUT2D eigenvalue weighted by Gasteiger charge is 2.26. The Morgan fingerprint density at radius 2 is 2.12 bits per heavy atom. The lowest BCUT2D eigenvalue weighted by molar-refractivity contribution is 0.0979. The molecule has 0 aromatic rings. The quantitative estimate of drug-likeness (QED) is 0.757. The summed E-state index contributed by atoms with van der Waals surface area (Å²) in [6.07, 6.45) is 2.79. The fraction of sp³-hybridized carbons (Fsp3) is 1.00. The van der Waals surface area contributed by atoms with Gasteiger partial charge in [0.2, 0.25) is 0 Å². The Morgan fingerprint density at radius 3 is 2.94 bits per heavy atom. The highest BCUT2D eigenvalue weighted by atomic mass is 15.2. The SMILES string of the molecule is CCN1CCCC(N2CCNCC(C)C2)C1. The summed E-state index contributed by atoms with van der Waals surface area (Å²) in [5, 5.41) is 3.54. The third kappa shape index (κ3) is 3.19. The van der Waals surface area contributed by atoms with Crippen molar-refractivity contribution in [1.29, 1.82) is 0 Å². The van der Waals surface area contributed by atoms with Crippen molar-refractivity contribution in [2.75, 3.05) is 45.8 Å². The molecule has 2 heterocycles. The summed E-state index contributed by atoms with van der Waals surface area (Å²) in [5.74, 6) is 0.805. The van der Waals surface area contributed by atoms with Gasteiger partial charge < -0.3 is 10.2 Å². The topological polar surface area (TPSA) is 18.5 Å². The van der Waals surface area contributed by atoms with Gasteiger partial charge in [0.1, 0.15) is 0 Å². The average molecular weight is 225 g/mol. The van der Waals surface area contributed by atoms with Gasteiger partial charge in [-0.15, -0.1) is 0 Å². The van der Waals surface area contributed by atoms with Crippen LogP contribution in [-0.2, 0) is 0 Å². The van der Waals surface area contributed by atoms with Crippen LogP contribution >= 0.6 is 0 Å². The zero-order valence-electron chi connectivity index (χ0n) is 10.9. The van der Waals surface area contributed by atoms with E-state index in [1.54, 1.807) is 0 Å². The van der Waals surface area contributed by atoms with Crippen molar-refractivity contribution in [2.45, 2.75) is 32.7 Å². The van der Waals surface area contributed by atoms with E-state index in [1.165, 1.54) is 58.7 Å². The van der Waals surface area contributed by atoms with Gasteiger partial charge in [-0.1, -0.05) is 13.8 Å². The van der Waals surface area contributed by atoms with Gasteiger partial charge in [0.05, 0.1) is 0 Å². The maximum atomic E-state index is 3.54. The Labute approximate surface area is 100 Å². The van der Waals surface area contributed by atoms with E-state index in [9.17, 15) is 0 Å². The average Bonchev–Trinajstić information content (AvgIpc) is 2.54. The summed E-state index contributed by atoms with van der Waals surface area (Å²) in [6.45, 7) is 13.4. The summed E-state index contributed by atoms with van der Waals surface area (Å²) >= 11 is 0. The Balaban J connectivity index is 1.89. The predicted octanol–water partition coefficient (Wildman–Crippen LogP) is 1.01. The molecule has 2 saturated heterocycles. The molecule has 3 nitrogen and oxygen atoms in total. The van der Waals surface area contributed by atoms with Crippen LogP contribution in [0.2, 0.25) is 0 Å². The van der Waals surface area contributed by atoms with E-state index in [4.69, 9.17) is 0 Å². The molecular weight excluding hydrogens is 198 g/mol. The number of likely N-dealkylation sites (N-methyl/N-ethyl adjacent to an activating group) is 1. The molecule has 0 spiro atoms. The van der Waals surface area contributed by atoms with Crippen LogP contribution in [0.5, 0.6) is 0 Å². The van der Waals surface area contributed by atoms with E-state index >= 15 is 0 Å². The molecule has 0 bridgehead atoms. The van der Waals surface area contributed by atoms with Crippen molar-refractivity contribution < 1.29 is 0 Å². The third-order valence-electron chi connectivity index (χ3n) is 4.06. The van der Waals surface area contributed by atoms with Gasteiger partial charge in [0.25, 0.3) is 0 Å². The molecule has 1 N–H and O–H groups in total. The molecule has 2 atom stereocenters. The number of piperidine rings is 1. The Hall–Kier alpha value is -0.120. The molecule has 16 heavy (non-hydrogen) atoms. The lowest BCUT2D eigenvalue weighted by atomic mass is 10.0. The molecule has 0 amide bonds. The van der Waals surface area contributed by atoms with Gasteiger partial charge in [0, 0.05) is 32.2 Å². The van der Waals surface area contributed by atoms with Gasteiger partial charge in [-0.3, -0.25) is 4.90 Å². The van der Waals surface area contributed by atoms with Crippen molar-refractivity contribution >= 4 is 0 Å². The number of nitrogens with one attached hydrogen (secondary N) is 1. The zero-order chi connectivity index (χ0) is 11.4. The molecular formula is C13H27N3. The van der Waals surface area contributed by atoms with E-state index in [-0.39, 0.29) is 0 Å². The standard InChI is InChI=1S/C13H27N3/c1-3-15-7-4-5-13(11-15)16-8-6-14-9-12(2)10-16/h12-14H,3-11H2,1-2H3. The normalized spacial score (nSPS) is 34.9. The second kappa shape index (κ2) is 5.99. The molecule has 0 saturated carbocycles. The minimum absolute atomic E-state index is 0.805. The van der Waals surface area contributed by atoms with Crippen LogP contribution in [0.25, 0.3) is 0 Å². The second-order valence-corrected chi connectivity index (χ2v) is 5.49. The third-order valence-corrected chi connectivity index (χ3v) is 4.06. The molecule has 2 rings (SSSR count). The highest BCUT2D eigenvalue weighted by Crippen LogP contribution is 2.17. The summed E-state index contributed by atoms with van der Waals surface area (Å²) in [5.41, 5.74) is 0. The minimum atomic E-state index is 0.805. The first-order valence-electron chi connectivity index (χ1n) is 6.96. The maximum absolute atomic E-state index is 3.54. The van der Waals surface area contributed by atoms with Crippen LogP contribution < -0.4 is 5.32 Å². The monoisotopic (exact) mass is 225 g/mol. The van der Waals surface area contributed by atoms with Crippen LogP contribution in [0, 0.1) is 5.92 Å². The first-order chi connectivity index (χ1) is 7.79. The first kappa shape index (κ1) is 12.3. The molecule has 0 aliphatic carbocycles. The molecule has 0 radical (unpaired) electrons. The Bertz CT molecular complexity index is 207. The Morgan fingerprint density at radius 1 is 1.25 bits per heavy atom. The van der Waals surface area contributed by atoms with E-state index in [2.05, 4.69) is 29.0 Å². The molecule has 2 fully saturated rings. The van der Waals surface area contributed by atoms with Gasteiger partial charge in [-0.25, -0.2) is 0 Å². The number of hydrogen-bond acceptors (Lipinski definition) is 3. The molecule has 0 aromatic carbocycles. The van der Waals surface area contributed by atoms with Gasteiger partial charge >= 0.3 is 0 Å². The fourth-order valence-electron chi connectivity index (χ4n) is 3.08. The van der Waals surface area contributed by atoms with E-state index < -0.39 is 0 Å². The van der Waals surface area contributed by atoms with Gasteiger partial charge in [-0.2, -0.15) is 0 Å². The first-order valence-corrected chi connectivity index (χ1v) is 6.96. The van der Waals surface area contributed by atoms with Crippen LogP contribution in [0.1, 0.15) is 26.7 Å². The number of nitrogens with zero attached hydrogens (tertiary/aromatic N) is 2. The fourth-order valence-corrected chi connectivity index (χ4v) is 3.08. The predicted molar refractivity (Wildman–Crippen MR) is 68.7 cm³/mol. The zero-order valence-corrected chi connectivity index (χ0v) is 10.9. The number of likely N-dealkylation sites (tertiary alicyclic amines) is 1. The second-order valence-electron chi connectivity index (χ2n) is 5.49. The van der Waals surface area contributed by atoms with E-state index in [0.717, 1.165) is 12.0 Å². The molecule has 0 aromatic heterocycles. The number of rotatable bonds is 2. The molecule has 2 unspecified atom stereocenters. The van der Waals surface area contributed by atoms with Crippen LogP contribution in [0.3, 0.4) is 0 Å². The molecule has 2 aliphatic heterocycles. The van der Waals surface area contributed by atoms with Crippen LogP contribution in [-0.4, -0.2) is 61.7 Å². The largest absolute Gasteiger partial charge is 0.315 e. The van der Waals surface area contributed by atoms with Gasteiger partial charge in [0.15, 0.2) is 0 Å². The Kier molecular flexibility index (Phi) is 4.62. The lowest BCUT2D eigenvalue weighted by Crippen LogP contribution is -2.49. The lowest BCUT2D eigenvalue weighted by Gasteiger charge is -2.39. The van der Waals surface area contributed by atoms with Crippen molar-refractivity contribution in [3.63, 3.8) is 0 Å². The molecule has 94 valence electrons. The maximum Gasteiger partial charge on any atom is 0.0224 e. The summed E-state index contributed by atoms with van der Waals surface area (Å²) in [6, 6.07) is 0.816. The highest BCUT2D eigenvalue weighted by molar-refractivity contribution is 4.83. The smallest absolute Gasteiger partial charge is 0.0224 e. The van der Waals surface area contributed by atoms with E-state index in [1.807, 2.05) is 0 Å². The minimum Gasteiger partial charge on any atom is -0.315 e. The summed E-state index contributed by atoms with van der Waals surface area (Å²) in [7, 11) is 0. The summed E-state index contributed by atoms with van der Waals surface area (Å²) < 4.78 is 0. The van der Waals surface area contributed by atoms with Crippen molar-refractivity contribution in [3.05, 3.63) is 0 Å². The molecule has 2 aliphatic rings. The summed E-state index contributed by atoms with van der Waals surface area (Å²) in [4.78, 5) is 5.34. The van der Waals surface area contributed by atoms with Gasteiger partial charge in [-0.05, 0) is 38.4 Å². The van der Waals surface area contributed by atoms with Crippen molar-refractivity contribution in [2.24, 2.45) is 5.92 Å². The van der Waals surface area contributed by atoms with E-state index in [0.29, 0.717) is 0 Å². The van der Waals surface area contributed by atoms with Crippen LogP contribution in [0.15, 0.2) is 0 Å². The van der Waals surface area contributed by atoms with Crippen LogP contribution in [0.4, 0.5) is 0 Å².